The summed E-state index contributed by atoms with van der Waals surface area (Å²) in [4.78, 5) is 3.90. The van der Waals surface area contributed by atoms with Gasteiger partial charge in [-0.05, 0) is 6.07 Å². The lowest BCUT2D eigenvalue weighted by Crippen LogP contribution is -1.97. The Bertz CT molecular complexity index is 358. The highest BCUT2D eigenvalue weighted by atomic mass is 16.5. The van der Waals surface area contributed by atoms with Crippen LogP contribution in [0.2, 0.25) is 0 Å². The van der Waals surface area contributed by atoms with E-state index in [0.29, 0.717) is 5.56 Å². The third-order valence-electron chi connectivity index (χ3n) is 1.77. The average molecular weight is 176 g/mol. The Morgan fingerprint density at radius 2 is 2.23 bits per heavy atom. The number of aliphatic hydroxyl groups is 1. The third kappa shape index (κ3) is 1.57. The number of hydrogen-bond donors (Lipinski definition) is 1. The molecule has 2 rings (SSSR count). The Morgan fingerprint density at radius 3 is 2.85 bits per heavy atom. The Morgan fingerprint density at radius 1 is 1.31 bits per heavy atom. The fourth-order valence-corrected chi connectivity index (χ4v) is 1.08. The number of rotatable bonds is 2. The van der Waals surface area contributed by atoms with E-state index < -0.39 is 6.10 Å². The van der Waals surface area contributed by atoms with Crippen molar-refractivity contribution < 1.29 is 9.63 Å². The molecule has 0 amide bonds. The molecule has 2 aromatic heterocycles. The van der Waals surface area contributed by atoms with E-state index in [-0.39, 0.29) is 0 Å². The van der Waals surface area contributed by atoms with Crippen LogP contribution in [0.5, 0.6) is 0 Å². The highest BCUT2D eigenvalue weighted by Crippen LogP contribution is 2.19. The fraction of sp³-hybridized carbons (Fsp3) is 0.111. The van der Waals surface area contributed by atoms with Crippen LogP contribution in [0.1, 0.15) is 17.2 Å². The van der Waals surface area contributed by atoms with Gasteiger partial charge in [0.25, 0.3) is 0 Å². The standard InChI is InChI=1S/C9H8N2O2/c12-9(8-5-11-13-6-8)7-2-1-3-10-4-7/h1-6,9,12H. The molecule has 66 valence electrons. The quantitative estimate of drug-likeness (QED) is 0.745. The van der Waals surface area contributed by atoms with Gasteiger partial charge in [0.15, 0.2) is 0 Å². The van der Waals surface area contributed by atoms with Gasteiger partial charge in [-0.2, -0.15) is 0 Å². The Labute approximate surface area is 74.8 Å². The predicted molar refractivity (Wildman–Crippen MR) is 44.8 cm³/mol. The van der Waals surface area contributed by atoms with Crippen molar-refractivity contribution in [3.8, 4) is 0 Å². The second kappa shape index (κ2) is 3.37. The molecule has 0 aromatic carbocycles. The van der Waals surface area contributed by atoms with E-state index in [4.69, 9.17) is 0 Å². The van der Waals surface area contributed by atoms with Crippen LogP contribution < -0.4 is 0 Å². The zero-order valence-electron chi connectivity index (χ0n) is 6.79. The van der Waals surface area contributed by atoms with Gasteiger partial charge in [0.2, 0.25) is 0 Å². The molecule has 0 aliphatic rings. The molecule has 0 saturated heterocycles. The second-order valence-corrected chi connectivity index (χ2v) is 2.65. The summed E-state index contributed by atoms with van der Waals surface area (Å²) in [7, 11) is 0. The summed E-state index contributed by atoms with van der Waals surface area (Å²) in [6.45, 7) is 0. The summed E-state index contributed by atoms with van der Waals surface area (Å²) in [5.74, 6) is 0. The van der Waals surface area contributed by atoms with Gasteiger partial charge in [0.05, 0.1) is 6.20 Å². The molecular weight excluding hydrogens is 168 g/mol. The first kappa shape index (κ1) is 7.94. The normalized spacial score (nSPS) is 12.7. The first-order valence-electron chi connectivity index (χ1n) is 3.85. The molecule has 0 saturated carbocycles. The minimum atomic E-state index is -0.708. The highest BCUT2D eigenvalue weighted by molar-refractivity contribution is 5.22. The molecule has 2 heterocycles. The van der Waals surface area contributed by atoms with Crippen LogP contribution in [0.15, 0.2) is 41.5 Å². The van der Waals surface area contributed by atoms with E-state index in [1.807, 2.05) is 0 Å². The van der Waals surface area contributed by atoms with Crippen molar-refractivity contribution in [1.29, 1.82) is 0 Å². The molecule has 0 aliphatic heterocycles. The second-order valence-electron chi connectivity index (χ2n) is 2.65. The van der Waals surface area contributed by atoms with Crippen molar-refractivity contribution >= 4 is 0 Å². The SMILES string of the molecule is OC(c1cccnc1)c1cnoc1. The Kier molecular flexibility index (Phi) is 2.06. The van der Waals surface area contributed by atoms with E-state index in [2.05, 4.69) is 14.7 Å². The molecule has 0 radical (unpaired) electrons. The minimum Gasteiger partial charge on any atom is -0.383 e. The lowest BCUT2D eigenvalue weighted by atomic mass is 10.1. The zero-order chi connectivity index (χ0) is 9.10. The largest absolute Gasteiger partial charge is 0.383 e. The van der Waals surface area contributed by atoms with Crippen molar-refractivity contribution in [3.05, 3.63) is 48.1 Å². The molecule has 2 aromatic rings. The molecule has 13 heavy (non-hydrogen) atoms. The summed E-state index contributed by atoms with van der Waals surface area (Å²) >= 11 is 0. The van der Waals surface area contributed by atoms with Crippen LogP contribution in [-0.2, 0) is 0 Å². The maximum atomic E-state index is 9.74. The molecule has 0 bridgehead atoms. The van der Waals surface area contributed by atoms with Crippen LogP contribution in [0, 0.1) is 0 Å². The third-order valence-corrected chi connectivity index (χ3v) is 1.77. The van der Waals surface area contributed by atoms with Crippen LogP contribution in [0.3, 0.4) is 0 Å². The predicted octanol–water partition coefficient (Wildman–Crippen LogP) is 1.15. The first-order valence-corrected chi connectivity index (χ1v) is 3.85. The molecule has 0 aliphatic carbocycles. The molecule has 0 spiro atoms. The molecule has 1 atom stereocenters. The Hall–Kier alpha value is -1.68. The Balaban J connectivity index is 2.29. The van der Waals surface area contributed by atoms with E-state index in [9.17, 15) is 5.11 Å². The number of aliphatic hydroxyl groups excluding tert-OH is 1. The molecule has 1 unspecified atom stereocenters. The van der Waals surface area contributed by atoms with Gasteiger partial charge in [0.1, 0.15) is 12.4 Å². The van der Waals surface area contributed by atoms with Gasteiger partial charge in [0, 0.05) is 23.5 Å². The maximum Gasteiger partial charge on any atom is 0.129 e. The molecule has 0 fully saturated rings. The van der Waals surface area contributed by atoms with Crippen LogP contribution in [0.4, 0.5) is 0 Å². The fourth-order valence-electron chi connectivity index (χ4n) is 1.08. The summed E-state index contributed by atoms with van der Waals surface area (Å²) in [5, 5.41) is 13.3. The van der Waals surface area contributed by atoms with Crippen molar-refractivity contribution in [3.63, 3.8) is 0 Å². The smallest absolute Gasteiger partial charge is 0.129 e. The summed E-state index contributed by atoms with van der Waals surface area (Å²) in [6.07, 6.45) is 5.46. The van der Waals surface area contributed by atoms with Crippen molar-refractivity contribution in [2.75, 3.05) is 0 Å². The van der Waals surface area contributed by atoms with Gasteiger partial charge < -0.3 is 9.63 Å². The summed E-state index contributed by atoms with van der Waals surface area (Å²) in [6, 6.07) is 3.57. The molecule has 4 nitrogen and oxygen atoms in total. The van der Waals surface area contributed by atoms with Crippen LogP contribution in [-0.4, -0.2) is 15.2 Å². The van der Waals surface area contributed by atoms with Crippen LogP contribution in [0.25, 0.3) is 0 Å². The van der Waals surface area contributed by atoms with E-state index in [0.717, 1.165) is 5.56 Å². The van der Waals surface area contributed by atoms with E-state index >= 15 is 0 Å². The van der Waals surface area contributed by atoms with Gasteiger partial charge in [-0.3, -0.25) is 4.98 Å². The number of nitrogens with zero attached hydrogens (tertiary/aromatic N) is 2. The van der Waals surface area contributed by atoms with Gasteiger partial charge >= 0.3 is 0 Å². The minimum absolute atomic E-state index is 0.632. The topological polar surface area (TPSA) is 59.2 Å². The van der Waals surface area contributed by atoms with Crippen molar-refractivity contribution in [2.24, 2.45) is 0 Å². The van der Waals surface area contributed by atoms with E-state index in [1.165, 1.54) is 12.5 Å². The zero-order valence-corrected chi connectivity index (χ0v) is 6.79. The van der Waals surface area contributed by atoms with Gasteiger partial charge in [-0.25, -0.2) is 0 Å². The molecule has 4 heteroatoms. The van der Waals surface area contributed by atoms with Crippen molar-refractivity contribution in [2.45, 2.75) is 6.10 Å². The van der Waals surface area contributed by atoms with Crippen molar-refractivity contribution in [1.82, 2.24) is 10.1 Å². The van der Waals surface area contributed by atoms with E-state index in [1.54, 1.807) is 24.5 Å². The number of hydrogen-bond acceptors (Lipinski definition) is 4. The lowest BCUT2D eigenvalue weighted by molar-refractivity contribution is 0.219. The maximum absolute atomic E-state index is 9.74. The number of aromatic nitrogens is 2. The average Bonchev–Trinajstić information content (AvgIpc) is 2.71. The lowest BCUT2D eigenvalue weighted by Gasteiger charge is -2.05. The van der Waals surface area contributed by atoms with Gasteiger partial charge in [-0.15, -0.1) is 0 Å². The first-order chi connectivity index (χ1) is 6.38. The van der Waals surface area contributed by atoms with Gasteiger partial charge in [-0.1, -0.05) is 11.2 Å². The summed E-state index contributed by atoms with van der Waals surface area (Å²) < 4.78 is 4.63. The monoisotopic (exact) mass is 176 g/mol. The molecular formula is C9H8N2O2. The molecule has 1 N–H and O–H groups in total. The summed E-state index contributed by atoms with van der Waals surface area (Å²) in [5.41, 5.74) is 1.36. The number of pyridine rings is 1. The van der Waals surface area contributed by atoms with Crippen LogP contribution >= 0.6 is 0 Å². The highest BCUT2D eigenvalue weighted by Gasteiger charge is 2.11.